The molecule has 1 heterocycles. The molecule has 4 heteroatoms. The molecule has 1 rings (SSSR count). The molecular formula is C12H21N3O. The SMILES string of the molecule is CC(C)NC(Cc1ncc[nH]1)C(=O)C(C)C. The van der Waals surface area contributed by atoms with Gasteiger partial charge in [0.15, 0.2) is 5.78 Å². The third-order valence-electron chi connectivity index (χ3n) is 2.40. The van der Waals surface area contributed by atoms with Gasteiger partial charge in [-0.3, -0.25) is 4.79 Å². The van der Waals surface area contributed by atoms with Crippen LogP contribution in [0.2, 0.25) is 0 Å². The lowest BCUT2D eigenvalue weighted by atomic mass is 9.98. The number of aromatic nitrogens is 2. The molecule has 2 N–H and O–H groups in total. The lowest BCUT2D eigenvalue weighted by molar-refractivity contribution is -0.124. The third-order valence-corrected chi connectivity index (χ3v) is 2.40. The van der Waals surface area contributed by atoms with Crippen molar-refractivity contribution in [2.45, 2.75) is 46.2 Å². The number of Topliss-reactive ketones (excluding diaryl/α,β-unsaturated/α-hetero) is 1. The minimum absolute atomic E-state index is 0.0474. The normalized spacial score (nSPS) is 13.4. The van der Waals surface area contributed by atoms with Gasteiger partial charge >= 0.3 is 0 Å². The van der Waals surface area contributed by atoms with Crippen LogP contribution in [0.15, 0.2) is 12.4 Å². The van der Waals surface area contributed by atoms with E-state index in [4.69, 9.17) is 0 Å². The minimum atomic E-state index is -0.147. The number of hydrogen-bond acceptors (Lipinski definition) is 3. The van der Waals surface area contributed by atoms with Crippen LogP contribution in [-0.2, 0) is 11.2 Å². The molecular weight excluding hydrogens is 202 g/mol. The van der Waals surface area contributed by atoms with E-state index < -0.39 is 0 Å². The van der Waals surface area contributed by atoms with Crippen molar-refractivity contribution in [2.24, 2.45) is 5.92 Å². The lowest BCUT2D eigenvalue weighted by Gasteiger charge is -2.21. The van der Waals surface area contributed by atoms with Gasteiger partial charge < -0.3 is 10.3 Å². The maximum Gasteiger partial charge on any atom is 0.152 e. The van der Waals surface area contributed by atoms with Crippen LogP contribution < -0.4 is 5.32 Å². The van der Waals surface area contributed by atoms with E-state index in [-0.39, 0.29) is 17.7 Å². The number of aromatic amines is 1. The van der Waals surface area contributed by atoms with E-state index in [0.717, 1.165) is 5.82 Å². The number of nitrogens with zero attached hydrogens (tertiary/aromatic N) is 1. The molecule has 90 valence electrons. The van der Waals surface area contributed by atoms with Crippen LogP contribution in [-0.4, -0.2) is 27.8 Å². The number of hydrogen-bond donors (Lipinski definition) is 2. The third kappa shape index (κ3) is 3.77. The van der Waals surface area contributed by atoms with Gasteiger partial charge in [0.05, 0.1) is 6.04 Å². The first-order chi connectivity index (χ1) is 7.50. The molecule has 0 saturated carbocycles. The molecule has 1 atom stereocenters. The number of rotatable bonds is 6. The maximum absolute atomic E-state index is 12.0. The first-order valence-electron chi connectivity index (χ1n) is 5.78. The van der Waals surface area contributed by atoms with Crippen LogP contribution in [0.1, 0.15) is 33.5 Å². The van der Waals surface area contributed by atoms with Crippen molar-refractivity contribution in [3.05, 3.63) is 18.2 Å². The summed E-state index contributed by atoms with van der Waals surface area (Å²) in [6.07, 6.45) is 4.12. The molecule has 0 bridgehead atoms. The zero-order valence-corrected chi connectivity index (χ0v) is 10.4. The Hall–Kier alpha value is -1.16. The zero-order chi connectivity index (χ0) is 12.1. The average Bonchev–Trinajstić information content (AvgIpc) is 2.67. The minimum Gasteiger partial charge on any atom is -0.349 e. The number of carbonyl (C=O) groups excluding carboxylic acids is 1. The summed E-state index contributed by atoms with van der Waals surface area (Å²) in [5.74, 6) is 1.14. The summed E-state index contributed by atoms with van der Waals surface area (Å²) in [5, 5.41) is 3.29. The quantitative estimate of drug-likeness (QED) is 0.769. The number of carbonyl (C=O) groups is 1. The first-order valence-corrected chi connectivity index (χ1v) is 5.78. The Labute approximate surface area is 96.9 Å². The number of ketones is 1. The predicted octanol–water partition coefficient (Wildman–Crippen LogP) is 1.54. The van der Waals surface area contributed by atoms with Gasteiger partial charge in [-0.1, -0.05) is 27.7 Å². The summed E-state index contributed by atoms with van der Waals surface area (Å²) in [6, 6.07) is 0.147. The van der Waals surface area contributed by atoms with Gasteiger partial charge in [0, 0.05) is 30.8 Å². The van der Waals surface area contributed by atoms with Crippen LogP contribution in [0.4, 0.5) is 0 Å². The Kier molecular flexibility index (Phi) is 4.68. The van der Waals surface area contributed by atoms with Crippen molar-refractivity contribution in [1.82, 2.24) is 15.3 Å². The van der Waals surface area contributed by atoms with E-state index in [1.165, 1.54) is 0 Å². The molecule has 0 fully saturated rings. The summed E-state index contributed by atoms with van der Waals surface area (Å²) < 4.78 is 0. The van der Waals surface area contributed by atoms with Crippen molar-refractivity contribution < 1.29 is 4.79 Å². The standard InChI is InChI=1S/C12H21N3O/c1-8(2)12(16)10(15-9(3)4)7-11-13-5-6-14-11/h5-6,8-10,15H,7H2,1-4H3,(H,13,14). The topological polar surface area (TPSA) is 57.8 Å². The first kappa shape index (κ1) is 12.9. The highest BCUT2D eigenvalue weighted by molar-refractivity contribution is 5.85. The van der Waals surface area contributed by atoms with Crippen LogP contribution in [0.25, 0.3) is 0 Å². The van der Waals surface area contributed by atoms with E-state index in [9.17, 15) is 4.79 Å². The molecule has 4 nitrogen and oxygen atoms in total. The van der Waals surface area contributed by atoms with E-state index in [0.29, 0.717) is 12.5 Å². The van der Waals surface area contributed by atoms with Crippen molar-refractivity contribution in [1.29, 1.82) is 0 Å². The fraction of sp³-hybridized carbons (Fsp3) is 0.667. The number of imidazole rings is 1. The Morgan fingerprint density at radius 3 is 2.56 bits per heavy atom. The van der Waals surface area contributed by atoms with Crippen molar-refractivity contribution in [2.75, 3.05) is 0 Å². The summed E-state index contributed by atoms with van der Waals surface area (Å²) in [5.41, 5.74) is 0. The average molecular weight is 223 g/mol. The Morgan fingerprint density at radius 2 is 2.12 bits per heavy atom. The van der Waals surface area contributed by atoms with Crippen molar-refractivity contribution in [3.8, 4) is 0 Å². The molecule has 0 saturated heterocycles. The fourth-order valence-electron chi connectivity index (χ4n) is 1.65. The van der Waals surface area contributed by atoms with Gasteiger partial charge in [-0.25, -0.2) is 4.98 Å². The lowest BCUT2D eigenvalue weighted by Crippen LogP contribution is -2.44. The van der Waals surface area contributed by atoms with E-state index in [2.05, 4.69) is 15.3 Å². The van der Waals surface area contributed by atoms with Gasteiger partial charge in [-0.15, -0.1) is 0 Å². The van der Waals surface area contributed by atoms with E-state index in [1.807, 2.05) is 27.7 Å². The van der Waals surface area contributed by atoms with Crippen LogP contribution in [0, 0.1) is 5.92 Å². The molecule has 16 heavy (non-hydrogen) atoms. The smallest absolute Gasteiger partial charge is 0.152 e. The highest BCUT2D eigenvalue weighted by Gasteiger charge is 2.22. The number of H-pyrrole nitrogens is 1. The summed E-state index contributed by atoms with van der Waals surface area (Å²) in [7, 11) is 0. The number of nitrogens with one attached hydrogen (secondary N) is 2. The second-order valence-corrected chi connectivity index (χ2v) is 4.67. The molecule has 1 aromatic heterocycles. The molecule has 0 spiro atoms. The van der Waals surface area contributed by atoms with Crippen LogP contribution in [0.3, 0.4) is 0 Å². The second kappa shape index (κ2) is 5.80. The summed E-state index contributed by atoms with van der Waals surface area (Å²) in [4.78, 5) is 19.2. The second-order valence-electron chi connectivity index (χ2n) is 4.67. The fourth-order valence-corrected chi connectivity index (χ4v) is 1.65. The maximum atomic E-state index is 12.0. The van der Waals surface area contributed by atoms with E-state index >= 15 is 0 Å². The molecule has 1 aromatic rings. The van der Waals surface area contributed by atoms with Gasteiger partial charge in [0.25, 0.3) is 0 Å². The Bertz CT molecular complexity index is 317. The van der Waals surface area contributed by atoms with Gasteiger partial charge in [-0.2, -0.15) is 0 Å². The zero-order valence-electron chi connectivity index (χ0n) is 10.4. The summed E-state index contributed by atoms with van der Waals surface area (Å²) in [6.45, 7) is 7.95. The summed E-state index contributed by atoms with van der Waals surface area (Å²) >= 11 is 0. The van der Waals surface area contributed by atoms with Crippen LogP contribution >= 0.6 is 0 Å². The molecule has 0 aliphatic carbocycles. The highest BCUT2D eigenvalue weighted by Crippen LogP contribution is 2.06. The molecule has 0 aliphatic rings. The molecule has 0 aromatic carbocycles. The van der Waals surface area contributed by atoms with Gasteiger partial charge in [-0.05, 0) is 0 Å². The monoisotopic (exact) mass is 223 g/mol. The molecule has 0 amide bonds. The van der Waals surface area contributed by atoms with Crippen molar-refractivity contribution in [3.63, 3.8) is 0 Å². The van der Waals surface area contributed by atoms with Gasteiger partial charge in [0.2, 0.25) is 0 Å². The van der Waals surface area contributed by atoms with E-state index in [1.54, 1.807) is 12.4 Å². The molecule has 0 aliphatic heterocycles. The molecule has 0 radical (unpaired) electrons. The van der Waals surface area contributed by atoms with Crippen LogP contribution in [0.5, 0.6) is 0 Å². The van der Waals surface area contributed by atoms with Gasteiger partial charge in [0.1, 0.15) is 5.82 Å². The Morgan fingerprint density at radius 1 is 1.44 bits per heavy atom. The largest absolute Gasteiger partial charge is 0.349 e. The molecule has 1 unspecified atom stereocenters. The van der Waals surface area contributed by atoms with Crippen molar-refractivity contribution >= 4 is 5.78 Å². The predicted molar refractivity (Wildman–Crippen MR) is 64.2 cm³/mol. The highest BCUT2D eigenvalue weighted by atomic mass is 16.1. The Balaban J connectivity index is 2.67.